The maximum atomic E-state index is 12.0. The maximum Gasteiger partial charge on any atom is 0.272 e. The molecule has 2 heterocycles. The van der Waals surface area contributed by atoms with E-state index in [2.05, 4.69) is 15.0 Å². The van der Waals surface area contributed by atoms with E-state index in [9.17, 15) is 4.79 Å². The van der Waals surface area contributed by atoms with Crippen molar-refractivity contribution < 1.29 is 9.32 Å². The van der Waals surface area contributed by atoms with Gasteiger partial charge in [-0.15, -0.1) is 0 Å². The van der Waals surface area contributed by atoms with Crippen LogP contribution in [0.1, 0.15) is 29.4 Å². The summed E-state index contributed by atoms with van der Waals surface area (Å²) in [6.07, 6.45) is 6.83. The second-order valence-electron chi connectivity index (χ2n) is 4.16. The molecule has 0 bridgehead atoms. The van der Waals surface area contributed by atoms with E-state index in [1.807, 2.05) is 4.57 Å². The van der Waals surface area contributed by atoms with Gasteiger partial charge in [0.25, 0.3) is 5.91 Å². The topological polar surface area (TPSA) is 86.1 Å². The Kier molecular flexibility index (Phi) is 2.14. The quantitative estimate of drug-likeness (QED) is 0.842. The third kappa shape index (κ3) is 1.89. The molecule has 0 radical (unpaired) electrons. The summed E-state index contributed by atoms with van der Waals surface area (Å²) in [5.41, 5.74) is 7.44. The number of anilines is 2. The SMILES string of the molecule is Nc1cc(C(=O)Nc2cnoc2)n(C2CC2)c1. The number of hydrogen-bond acceptors (Lipinski definition) is 4. The maximum absolute atomic E-state index is 12.0. The van der Waals surface area contributed by atoms with Gasteiger partial charge in [-0.1, -0.05) is 5.16 Å². The first kappa shape index (κ1) is 9.95. The van der Waals surface area contributed by atoms with E-state index in [-0.39, 0.29) is 5.91 Å². The fourth-order valence-electron chi connectivity index (χ4n) is 1.80. The molecular weight excluding hydrogens is 220 g/mol. The summed E-state index contributed by atoms with van der Waals surface area (Å²) in [4.78, 5) is 12.0. The highest BCUT2D eigenvalue weighted by Crippen LogP contribution is 2.37. The fraction of sp³-hybridized carbons (Fsp3) is 0.273. The first-order chi connectivity index (χ1) is 8.24. The molecule has 88 valence electrons. The van der Waals surface area contributed by atoms with Crippen molar-refractivity contribution in [3.8, 4) is 0 Å². The lowest BCUT2D eigenvalue weighted by molar-refractivity contribution is 0.101. The monoisotopic (exact) mass is 232 g/mol. The first-order valence-corrected chi connectivity index (χ1v) is 5.42. The molecular formula is C11H12N4O2. The van der Waals surface area contributed by atoms with Crippen molar-refractivity contribution in [2.45, 2.75) is 18.9 Å². The summed E-state index contributed by atoms with van der Waals surface area (Å²) in [6.45, 7) is 0. The van der Waals surface area contributed by atoms with E-state index in [1.165, 1.54) is 12.5 Å². The average molecular weight is 232 g/mol. The van der Waals surface area contributed by atoms with Crippen molar-refractivity contribution in [1.82, 2.24) is 9.72 Å². The van der Waals surface area contributed by atoms with Gasteiger partial charge in [0.1, 0.15) is 17.6 Å². The number of amides is 1. The molecule has 1 aliphatic rings. The second-order valence-corrected chi connectivity index (χ2v) is 4.16. The summed E-state index contributed by atoms with van der Waals surface area (Å²) in [6, 6.07) is 2.09. The molecule has 3 rings (SSSR count). The van der Waals surface area contributed by atoms with Gasteiger partial charge in [-0.25, -0.2) is 0 Å². The van der Waals surface area contributed by atoms with Gasteiger partial charge < -0.3 is 20.1 Å². The van der Waals surface area contributed by atoms with Crippen LogP contribution in [0.3, 0.4) is 0 Å². The molecule has 0 aromatic carbocycles. The minimum atomic E-state index is -0.197. The molecule has 0 saturated heterocycles. The highest BCUT2D eigenvalue weighted by atomic mass is 16.5. The van der Waals surface area contributed by atoms with Gasteiger partial charge in [-0.2, -0.15) is 0 Å². The van der Waals surface area contributed by atoms with E-state index in [0.717, 1.165) is 12.8 Å². The van der Waals surface area contributed by atoms with E-state index in [1.54, 1.807) is 12.3 Å². The van der Waals surface area contributed by atoms with Crippen LogP contribution in [0.25, 0.3) is 0 Å². The predicted molar refractivity (Wildman–Crippen MR) is 61.6 cm³/mol. The molecule has 0 aliphatic heterocycles. The highest BCUT2D eigenvalue weighted by molar-refractivity contribution is 6.03. The van der Waals surface area contributed by atoms with E-state index >= 15 is 0 Å². The molecule has 17 heavy (non-hydrogen) atoms. The minimum Gasteiger partial charge on any atom is -0.397 e. The number of nitrogens with zero attached hydrogens (tertiary/aromatic N) is 2. The smallest absolute Gasteiger partial charge is 0.272 e. The number of nitrogen functional groups attached to an aromatic ring is 1. The van der Waals surface area contributed by atoms with E-state index < -0.39 is 0 Å². The summed E-state index contributed by atoms with van der Waals surface area (Å²) in [5.74, 6) is -0.197. The number of nitrogens with two attached hydrogens (primary N) is 1. The number of carbonyl (C=O) groups is 1. The van der Waals surface area contributed by atoms with Crippen molar-refractivity contribution in [1.29, 1.82) is 0 Å². The summed E-state index contributed by atoms with van der Waals surface area (Å²) < 4.78 is 6.58. The van der Waals surface area contributed by atoms with Gasteiger partial charge in [-0.3, -0.25) is 4.79 Å². The molecule has 3 N–H and O–H groups in total. The van der Waals surface area contributed by atoms with Crippen LogP contribution in [0.15, 0.2) is 29.2 Å². The highest BCUT2D eigenvalue weighted by Gasteiger charge is 2.27. The Morgan fingerprint density at radius 1 is 1.59 bits per heavy atom. The van der Waals surface area contributed by atoms with Gasteiger partial charge in [0, 0.05) is 12.2 Å². The largest absolute Gasteiger partial charge is 0.397 e. The Bertz CT molecular complexity index is 540. The third-order valence-corrected chi connectivity index (χ3v) is 2.73. The normalized spacial score (nSPS) is 14.8. The minimum absolute atomic E-state index is 0.197. The van der Waals surface area contributed by atoms with Crippen molar-refractivity contribution in [3.05, 3.63) is 30.4 Å². The van der Waals surface area contributed by atoms with Crippen LogP contribution < -0.4 is 11.1 Å². The van der Waals surface area contributed by atoms with Gasteiger partial charge >= 0.3 is 0 Å². The molecule has 1 fully saturated rings. The van der Waals surface area contributed by atoms with Crippen molar-refractivity contribution >= 4 is 17.3 Å². The van der Waals surface area contributed by atoms with Gasteiger partial charge in [0.2, 0.25) is 0 Å². The summed E-state index contributed by atoms with van der Waals surface area (Å²) in [7, 11) is 0. The Hall–Kier alpha value is -2.24. The predicted octanol–water partition coefficient (Wildman–Crippen LogP) is 1.65. The average Bonchev–Trinajstić information content (AvgIpc) is 2.88. The number of carbonyl (C=O) groups excluding carboxylic acids is 1. The molecule has 2 aromatic heterocycles. The zero-order valence-corrected chi connectivity index (χ0v) is 9.09. The third-order valence-electron chi connectivity index (χ3n) is 2.73. The van der Waals surface area contributed by atoms with Crippen LogP contribution in [0, 0.1) is 0 Å². The fourth-order valence-corrected chi connectivity index (χ4v) is 1.80. The molecule has 1 amide bonds. The van der Waals surface area contributed by atoms with Crippen LogP contribution in [0.4, 0.5) is 11.4 Å². The van der Waals surface area contributed by atoms with Crippen LogP contribution in [-0.2, 0) is 0 Å². The Morgan fingerprint density at radius 2 is 2.41 bits per heavy atom. The molecule has 2 aromatic rings. The van der Waals surface area contributed by atoms with Gasteiger partial charge in [-0.05, 0) is 18.9 Å². The van der Waals surface area contributed by atoms with E-state index in [4.69, 9.17) is 5.73 Å². The molecule has 6 nitrogen and oxygen atoms in total. The van der Waals surface area contributed by atoms with Crippen LogP contribution in [0.2, 0.25) is 0 Å². The standard InChI is InChI=1S/C11H12N4O2/c12-7-3-10(15(5-7)9-1-2-9)11(16)14-8-4-13-17-6-8/h3-6,9H,1-2,12H2,(H,14,16). The zero-order valence-electron chi connectivity index (χ0n) is 9.09. The lowest BCUT2D eigenvalue weighted by Crippen LogP contribution is -2.15. The molecule has 0 atom stereocenters. The number of hydrogen-bond donors (Lipinski definition) is 2. The Labute approximate surface area is 97.4 Å². The number of aromatic nitrogens is 2. The van der Waals surface area contributed by atoms with Gasteiger partial charge in [0.15, 0.2) is 0 Å². The molecule has 0 unspecified atom stereocenters. The van der Waals surface area contributed by atoms with Crippen molar-refractivity contribution in [3.63, 3.8) is 0 Å². The van der Waals surface area contributed by atoms with Gasteiger partial charge in [0.05, 0.1) is 11.9 Å². The van der Waals surface area contributed by atoms with Crippen LogP contribution >= 0.6 is 0 Å². The first-order valence-electron chi connectivity index (χ1n) is 5.42. The molecule has 6 heteroatoms. The number of nitrogens with one attached hydrogen (secondary N) is 1. The lowest BCUT2D eigenvalue weighted by atomic mass is 10.3. The lowest BCUT2D eigenvalue weighted by Gasteiger charge is -2.06. The van der Waals surface area contributed by atoms with Crippen LogP contribution in [0.5, 0.6) is 0 Å². The van der Waals surface area contributed by atoms with Crippen molar-refractivity contribution in [2.75, 3.05) is 11.1 Å². The molecule has 1 saturated carbocycles. The Morgan fingerprint density at radius 3 is 3.06 bits per heavy atom. The van der Waals surface area contributed by atoms with E-state index in [0.29, 0.717) is 23.1 Å². The summed E-state index contributed by atoms with van der Waals surface area (Å²) in [5, 5.41) is 6.23. The summed E-state index contributed by atoms with van der Waals surface area (Å²) >= 11 is 0. The zero-order chi connectivity index (χ0) is 11.8. The Balaban J connectivity index is 1.85. The molecule has 0 spiro atoms. The number of rotatable bonds is 3. The van der Waals surface area contributed by atoms with Crippen LogP contribution in [-0.4, -0.2) is 15.6 Å². The van der Waals surface area contributed by atoms with Crippen molar-refractivity contribution in [2.24, 2.45) is 0 Å². The second kappa shape index (κ2) is 3.65. The molecule has 1 aliphatic carbocycles.